The van der Waals surface area contributed by atoms with E-state index in [1.807, 2.05) is 50.2 Å². The molecule has 3 aromatic rings. The molecular formula is C23H28N2O3. The maximum Gasteiger partial charge on any atom is 0.287 e. The van der Waals surface area contributed by atoms with Gasteiger partial charge >= 0.3 is 0 Å². The summed E-state index contributed by atoms with van der Waals surface area (Å²) in [5.41, 5.74) is 1.62. The van der Waals surface area contributed by atoms with Gasteiger partial charge < -0.3 is 14.2 Å². The smallest absolute Gasteiger partial charge is 0.287 e. The van der Waals surface area contributed by atoms with E-state index in [1.54, 1.807) is 0 Å². The molecule has 1 N–H and O–H groups in total. The summed E-state index contributed by atoms with van der Waals surface area (Å²) in [5, 5.41) is 4.07. The summed E-state index contributed by atoms with van der Waals surface area (Å²) in [6, 6.07) is 11.8. The van der Waals surface area contributed by atoms with E-state index < -0.39 is 0 Å². The molecule has 0 radical (unpaired) electrons. The molecule has 1 atom stereocenters. The maximum atomic E-state index is 12.9. The van der Waals surface area contributed by atoms with E-state index in [4.69, 9.17) is 8.83 Å². The van der Waals surface area contributed by atoms with Crippen LogP contribution in [0.25, 0.3) is 11.0 Å². The summed E-state index contributed by atoms with van der Waals surface area (Å²) in [5.74, 6) is 2.77. The van der Waals surface area contributed by atoms with Gasteiger partial charge in [0.05, 0.1) is 6.04 Å². The van der Waals surface area contributed by atoms with Gasteiger partial charge in [0.1, 0.15) is 17.1 Å². The van der Waals surface area contributed by atoms with Gasteiger partial charge in [-0.25, -0.2) is 0 Å². The van der Waals surface area contributed by atoms with E-state index in [2.05, 4.69) is 17.1 Å². The third-order valence-electron chi connectivity index (χ3n) is 5.85. The van der Waals surface area contributed by atoms with Gasteiger partial charge in [0.25, 0.3) is 5.91 Å². The Morgan fingerprint density at radius 1 is 1.14 bits per heavy atom. The maximum absolute atomic E-state index is 12.9. The topological polar surface area (TPSA) is 58.6 Å². The van der Waals surface area contributed by atoms with E-state index >= 15 is 0 Å². The molecule has 5 heteroatoms. The van der Waals surface area contributed by atoms with Crippen LogP contribution in [-0.4, -0.2) is 30.4 Å². The molecule has 1 fully saturated rings. The van der Waals surface area contributed by atoms with Gasteiger partial charge in [0, 0.05) is 17.5 Å². The minimum Gasteiger partial charge on any atom is -0.465 e. The standard InChI is InChI=1S/C23H28N2O3/c1-15-10-12-25(13-11-15)19(21-9-8-16(2)27-21)14-24-23(26)22-17(3)18-6-4-5-7-20(18)28-22/h4-9,15,19H,10-14H2,1-3H3,(H,24,26). The predicted octanol–water partition coefficient (Wildman–Crippen LogP) is 4.85. The molecule has 0 bridgehead atoms. The molecule has 3 heterocycles. The second-order valence-corrected chi connectivity index (χ2v) is 7.95. The van der Waals surface area contributed by atoms with Crippen molar-refractivity contribution < 1.29 is 13.6 Å². The first-order valence-corrected chi connectivity index (χ1v) is 10.1. The number of carbonyl (C=O) groups excluding carboxylic acids is 1. The summed E-state index contributed by atoms with van der Waals surface area (Å²) in [7, 11) is 0. The number of nitrogens with zero attached hydrogens (tertiary/aromatic N) is 1. The second-order valence-electron chi connectivity index (χ2n) is 7.95. The molecule has 1 aliphatic rings. The van der Waals surface area contributed by atoms with Gasteiger partial charge in [-0.3, -0.25) is 9.69 Å². The summed E-state index contributed by atoms with van der Waals surface area (Å²) in [6.45, 7) is 8.72. The molecular weight excluding hydrogens is 352 g/mol. The van der Waals surface area contributed by atoms with Crippen LogP contribution in [0.3, 0.4) is 0 Å². The number of aryl methyl sites for hydroxylation is 2. The lowest BCUT2D eigenvalue weighted by molar-refractivity contribution is 0.0871. The lowest BCUT2D eigenvalue weighted by Gasteiger charge is -2.35. The highest BCUT2D eigenvalue weighted by Crippen LogP contribution is 2.28. The van der Waals surface area contributed by atoms with Crippen LogP contribution < -0.4 is 5.32 Å². The Bertz CT molecular complexity index is 963. The van der Waals surface area contributed by atoms with Crippen molar-refractivity contribution in [3.8, 4) is 0 Å². The van der Waals surface area contributed by atoms with Gasteiger partial charge in [-0.15, -0.1) is 0 Å². The molecule has 0 spiro atoms. The average Bonchev–Trinajstić information content (AvgIpc) is 3.27. The molecule has 1 unspecified atom stereocenters. The number of nitrogens with one attached hydrogen (secondary N) is 1. The van der Waals surface area contributed by atoms with Crippen LogP contribution in [0.1, 0.15) is 53.4 Å². The van der Waals surface area contributed by atoms with Crippen molar-refractivity contribution in [2.75, 3.05) is 19.6 Å². The van der Waals surface area contributed by atoms with Crippen LogP contribution in [0, 0.1) is 19.8 Å². The van der Waals surface area contributed by atoms with Gasteiger partial charge in [-0.05, 0) is 63.9 Å². The average molecular weight is 380 g/mol. The molecule has 1 saturated heterocycles. The van der Waals surface area contributed by atoms with Crippen molar-refractivity contribution >= 4 is 16.9 Å². The summed E-state index contributed by atoms with van der Waals surface area (Å²) < 4.78 is 11.7. The first kappa shape index (κ1) is 18.8. The highest BCUT2D eigenvalue weighted by molar-refractivity contribution is 5.98. The van der Waals surface area contributed by atoms with Crippen LogP contribution in [0.2, 0.25) is 0 Å². The highest BCUT2D eigenvalue weighted by Gasteiger charge is 2.28. The molecule has 1 amide bonds. The normalized spacial score (nSPS) is 17.1. The van der Waals surface area contributed by atoms with E-state index in [1.165, 1.54) is 12.8 Å². The molecule has 4 rings (SSSR count). The Morgan fingerprint density at radius 3 is 2.57 bits per heavy atom. The molecule has 5 nitrogen and oxygen atoms in total. The number of rotatable bonds is 5. The fraction of sp³-hybridized carbons (Fsp3) is 0.435. The van der Waals surface area contributed by atoms with Crippen LogP contribution in [0.4, 0.5) is 0 Å². The fourth-order valence-electron chi connectivity index (χ4n) is 4.04. The zero-order chi connectivity index (χ0) is 19.7. The van der Waals surface area contributed by atoms with Crippen molar-refractivity contribution in [3.63, 3.8) is 0 Å². The van der Waals surface area contributed by atoms with Crippen molar-refractivity contribution in [2.45, 2.75) is 39.7 Å². The molecule has 28 heavy (non-hydrogen) atoms. The summed E-state index contributed by atoms with van der Waals surface area (Å²) >= 11 is 0. The fourth-order valence-corrected chi connectivity index (χ4v) is 4.04. The number of amides is 1. The third kappa shape index (κ3) is 3.72. The van der Waals surface area contributed by atoms with Crippen molar-refractivity contribution in [3.05, 3.63) is 59.2 Å². The number of para-hydroxylation sites is 1. The third-order valence-corrected chi connectivity index (χ3v) is 5.85. The predicted molar refractivity (Wildman–Crippen MR) is 109 cm³/mol. The van der Waals surface area contributed by atoms with Crippen LogP contribution in [0.5, 0.6) is 0 Å². The Kier molecular flexibility index (Phi) is 5.27. The van der Waals surface area contributed by atoms with Crippen molar-refractivity contribution in [1.82, 2.24) is 10.2 Å². The van der Waals surface area contributed by atoms with Crippen LogP contribution in [0.15, 0.2) is 45.2 Å². The van der Waals surface area contributed by atoms with Crippen LogP contribution >= 0.6 is 0 Å². The minimum absolute atomic E-state index is 0.0369. The molecule has 0 saturated carbocycles. The summed E-state index contributed by atoms with van der Waals surface area (Å²) in [6.07, 6.45) is 2.35. The zero-order valence-electron chi connectivity index (χ0n) is 16.8. The number of furan rings is 2. The first-order chi connectivity index (χ1) is 13.5. The Morgan fingerprint density at radius 2 is 1.89 bits per heavy atom. The van der Waals surface area contributed by atoms with Crippen molar-refractivity contribution in [1.29, 1.82) is 0 Å². The number of hydrogen-bond acceptors (Lipinski definition) is 4. The monoisotopic (exact) mass is 380 g/mol. The molecule has 0 aliphatic carbocycles. The molecule has 1 aromatic carbocycles. The Balaban J connectivity index is 1.51. The minimum atomic E-state index is -0.174. The van der Waals surface area contributed by atoms with E-state index in [0.29, 0.717) is 12.3 Å². The zero-order valence-corrected chi connectivity index (χ0v) is 16.8. The molecule has 1 aliphatic heterocycles. The van der Waals surface area contributed by atoms with Gasteiger partial charge in [-0.2, -0.15) is 0 Å². The number of benzene rings is 1. The lowest BCUT2D eigenvalue weighted by atomic mass is 9.97. The highest BCUT2D eigenvalue weighted by atomic mass is 16.3. The van der Waals surface area contributed by atoms with E-state index in [-0.39, 0.29) is 11.9 Å². The number of piperidine rings is 1. The first-order valence-electron chi connectivity index (χ1n) is 10.1. The molecule has 2 aromatic heterocycles. The Labute approximate surface area is 165 Å². The molecule has 148 valence electrons. The SMILES string of the molecule is Cc1ccc(C(CNC(=O)c2oc3ccccc3c2C)N2CCC(C)CC2)o1. The number of fused-ring (bicyclic) bond motifs is 1. The number of hydrogen-bond donors (Lipinski definition) is 1. The number of likely N-dealkylation sites (tertiary alicyclic amines) is 1. The van der Waals surface area contributed by atoms with Gasteiger partial charge in [0.15, 0.2) is 5.76 Å². The van der Waals surface area contributed by atoms with Crippen LogP contribution in [-0.2, 0) is 0 Å². The van der Waals surface area contributed by atoms with Gasteiger partial charge in [0.2, 0.25) is 0 Å². The summed E-state index contributed by atoms with van der Waals surface area (Å²) in [4.78, 5) is 15.3. The van der Waals surface area contributed by atoms with E-state index in [0.717, 1.165) is 47.1 Å². The number of carbonyl (C=O) groups is 1. The van der Waals surface area contributed by atoms with Crippen molar-refractivity contribution in [2.24, 2.45) is 5.92 Å². The second kappa shape index (κ2) is 7.84. The van der Waals surface area contributed by atoms with E-state index in [9.17, 15) is 4.79 Å². The van der Waals surface area contributed by atoms with Gasteiger partial charge in [-0.1, -0.05) is 25.1 Å². The largest absolute Gasteiger partial charge is 0.465 e. The lowest BCUT2D eigenvalue weighted by Crippen LogP contribution is -2.41. The quantitative estimate of drug-likeness (QED) is 0.688. The Hall–Kier alpha value is -2.53.